The van der Waals surface area contributed by atoms with Crippen LogP contribution in [0, 0.1) is 0 Å². The largest absolute Gasteiger partial charge is 0.411 e. The molecule has 2 rings (SSSR count). The zero-order chi connectivity index (χ0) is 8.39. The molecular weight excluding hydrogens is 152 g/mol. The van der Waals surface area contributed by atoms with Crippen molar-refractivity contribution < 1.29 is 5.21 Å². The Morgan fingerprint density at radius 2 is 2.33 bits per heavy atom. The third-order valence-corrected chi connectivity index (χ3v) is 2.19. The molecule has 1 heterocycles. The van der Waals surface area contributed by atoms with Gasteiger partial charge in [0.15, 0.2) is 0 Å². The fourth-order valence-electron chi connectivity index (χ4n) is 1.59. The summed E-state index contributed by atoms with van der Waals surface area (Å²) in [6, 6.07) is 1.91. The van der Waals surface area contributed by atoms with Gasteiger partial charge < -0.3 is 5.21 Å². The van der Waals surface area contributed by atoms with Crippen molar-refractivity contribution in [3.63, 3.8) is 0 Å². The molecular formula is C9H10N2O. The van der Waals surface area contributed by atoms with Crippen molar-refractivity contribution >= 4 is 5.71 Å². The van der Waals surface area contributed by atoms with E-state index >= 15 is 0 Å². The number of nitrogens with zero attached hydrogens (tertiary/aromatic N) is 2. The molecule has 0 radical (unpaired) electrons. The lowest BCUT2D eigenvalue weighted by atomic mass is 9.92. The summed E-state index contributed by atoms with van der Waals surface area (Å²) >= 11 is 0. The lowest BCUT2D eigenvalue weighted by Gasteiger charge is -2.14. The van der Waals surface area contributed by atoms with Crippen molar-refractivity contribution in [1.29, 1.82) is 0 Å². The molecule has 1 aromatic rings. The summed E-state index contributed by atoms with van der Waals surface area (Å²) in [6.45, 7) is 0. The van der Waals surface area contributed by atoms with Gasteiger partial charge in [0.25, 0.3) is 0 Å². The molecule has 0 amide bonds. The lowest BCUT2D eigenvalue weighted by molar-refractivity contribution is 0.317. The monoisotopic (exact) mass is 162 g/mol. The highest BCUT2D eigenvalue weighted by molar-refractivity contribution is 6.02. The summed E-state index contributed by atoms with van der Waals surface area (Å²) in [4.78, 5) is 4.03. The van der Waals surface area contributed by atoms with Crippen LogP contribution in [0.3, 0.4) is 0 Å². The maximum atomic E-state index is 8.71. The van der Waals surface area contributed by atoms with Crippen LogP contribution in [-0.4, -0.2) is 15.9 Å². The lowest BCUT2D eigenvalue weighted by Crippen LogP contribution is -2.11. The van der Waals surface area contributed by atoms with Gasteiger partial charge in [-0.15, -0.1) is 0 Å². The van der Waals surface area contributed by atoms with Crippen LogP contribution in [0.15, 0.2) is 23.6 Å². The Morgan fingerprint density at radius 3 is 3.17 bits per heavy atom. The Morgan fingerprint density at radius 1 is 1.42 bits per heavy atom. The molecule has 62 valence electrons. The van der Waals surface area contributed by atoms with Gasteiger partial charge in [0.05, 0.1) is 5.71 Å². The van der Waals surface area contributed by atoms with Crippen LogP contribution < -0.4 is 0 Å². The van der Waals surface area contributed by atoms with Gasteiger partial charge in [0, 0.05) is 18.0 Å². The average molecular weight is 162 g/mol. The number of fused-ring (bicyclic) bond motifs is 1. The molecule has 0 bridgehead atoms. The molecule has 3 nitrogen and oxygen atoms in total. The summed E-state index contributed by atoms with van der Waals surface area (Å²) in [5.74, 6) is 0. The molecule has 0 fully saturated rings. The molecule has 0 aromatic carbocycles. The molecule has 1 aromatic heterocycles. The van der Waals surface area contributed by atoms with E-state index in [1.54, 1.807) is 6.20 Å². The molecule has 0 aliphatic heterocycles. The van der Waals surface area contributed by atoms with Crippen molar-refractivity contribution in [2.75, 3.05) is 0 Å². The Hall–Kier alpha value is -1.38. The third kappa shape index (κ3) is 1.07. The second-order valence-corrected chi connectivity index (χ2v) is 2.93. The van der Waals surface area contributed by atoms with E-state index in [1.807, 2.05) is 12.3 Å². The van der Waals surface area contributed by atoms with Crippen molar-refractivity contribution in [3.8, 4) is 0 Å². The van der Waals surface area contributed by atoms with Crippen LogP contribution in [0.5, 0.6) is 0 Å². The summed E-state index contributed by atoms with van der Waals surface area (Å²) in [6.07, 6.45) is 6.54. The van der Waals surface area contributed by atoms with E-state index < -0.39 is 0 Å². The molecule has 3 heteroatoms. The summed E-state index contributed by atoms with van der Waals surface area (Å²) in [5, 5.41) is 12.0. The Balaban J connectivity index is 2.51. The molecule has 0 atom stereocenters. The van der Waals surface area contributed by atoms with Crippen molar-refractivity contribution in [2.45, 2.75) is 19.3 Å². The van der Waals surface area contributed by atoms with Crippen LogP contribution in [-0.2, 0) is 6.42 Å². The van der Waals surface area contributed by atoms with Gasteiger partial charge in [0.2, 0.25) is 0 Å². The van der Waals surface area contributed by atoms with E-state index in [2.05, 4.69) is 10.1 Å². The topological polar surface area (TPSA) is 45.5 Å². The fraction of sp³-hybridized carbons (Fsp3) is 0.333. The molecule has 0 saturated carbocycles. The average Bonchev–Trinajstić information content (AvgIpc) is 2.17. The van der Waals surface area contributed by atoms with Crippen LogP contribution >= 0.6 is 0 Å². The maximum Gasteiger partial charge on any atom is 0.0871 e. The summed E-state index contributed by atoms with van der Waals surface area (Å²) < 4.78 is 0. The van der Waals surface area contributed by atoms with Crippen LogP contribution in [0.25, 0.3) is 0 Å². The van der Waals surface area contributed by atoms with Crippen molar-refractivity contribution in [1.82, 2.24) is 4.98 Å². The van der Waals surface area contributed by atoms with Gasteiger partial charge in [0.1, 0.15) is 0 Å². The number of pyridine rings is 1. The predicted octanol–water partition coefficient (Wildman–Crippen LogP) is 1.60. The van der Waals surface area contributed by atoms with Crippen molar-refractivity contribution in [3.05, 3.63) is 29.6 Å². The van der Waals surface area contributed by atoms with Crippen LogP contribution in [0.4, 0.5) is 0 Å². The standard InChI is InChI=1S/C9H10N2O/c12-11-9-3-1-2-7-6-10-5-4-8(7)9/h4-6,12H,1-3H2. The van der Waals surface area contributed by atoms with Gasteiger partial charge in [-0.05, 0) is 30.9 Å². The highest BCUT2D eigenvalue weighted by Gasteiger charge is 2.14. The predicted molar refractivity (Wildman–Crippen MR) is 45.5 cm³/mol. The minimum atomic E-state index is 0.790. The minimum absolute atomic E-state index is 0.790. The van der Waals surface area contributed by atoms with E-state index in [0.717, 1.165) is 30.5 Å². The smallest absolute Gasteiger partial charge is 0.0871 e. The fourth-order valence-corrected chi connectivity index (χ4v) is 1.59. The third-order valence-electron chi connectivity index (χ3n) is 2.19. The SMILES string of the molecule is ON=C1CCCc2cnccc21. The number of oxime groups is 1. The number of rotatable bonds is 0. The first-order chi connectivity index (χ1) is 5.92. The summed E-state index contributed by atoms with van der Waals surface area (Å²) in [5.41, 5.74) is 3.04. The molecule has 12 heavy (non-hydrogen) atoms. The summed E-state index contributed by atoms with van der Waals surface area (Å²) in [7, 11) is 0. The Labute approximate surface area is 70.7 Å². The van der Waals surface area contributed by atoms with E-state index in [0.29, 0.717) is 0 Å². The van der Waals surface area contributed by atoms with E-state index in [9.17, 15) is 0 Å². The first-order valence-electron chi connectivity index (χ1n) is 4.06. The quantitative estimate of drug-likeness (QED) is 0.465. The van der Waals surface area contributed by atoms with Gasteiger partial charge in [-0.1, -0.05) is 5.16 Å². The molecule has 1 N–H and O–H groups in total. The molecule has 0 unspecified atom stereocenters. The number of aromatic nitrogens is 1. The number of hydrogen-bond donors (Lipinski definition) is 1. The molecule has 1 aliphatic rings. The number of hydrogen-bond acceptors (Lipinski definition) is 3. The highest BCUT2D eigenvalue weighted by atomic mass is 16.4. The minimum Gasteiger partial charge on any atom is -0.411 e. The van der Waals surface area contributed by atoms with Crippen LogP contribution in [0.1, 0.15) is 24.0 Å². The highest BCUT2D eigenvalue weighted by Crippen LogP contribution is 2.19. The second kappa shape index (κ2) is 2.93. The molecule has 0 spiro atoms. The number of aryl methyl sites for hydroxylation is 1. The van der Waals surface area contributed by atoms with Crippen molar-refractivity contribution in [2.24, 2.45) is 5.16 Å². The molecule has 0 saturated heterocycles. The zero-order valence-electron chi connectivity index (χ0n) is 6.70. The van der Waals surface area contributed by atoms with Gasteiger partial charge in [-0.3, -0.25) is 4.98 Å². The van der Waals surface area contributed by atoms with Gasteiger partial charge >= 0.3 is 0 Å². The van der Waals surface area contributed by atoms with Gasteiger partial charge in [-0.2, -0.15) is 0 Å². The van der Waals surface area contributed by atoms with E-state index in [1.165, 1.54) is 5.56 Å². The second-order valence-electron chi connectivity index (χ2n) is 2.93. The molecule has 1 aliphatic carbocycles. The first-order valence-corrected chi connectivity index (χ1v) is 4.06. The van der Waals surface area contributed by atoms with E-state index in [4.69, 9.17) is 5.21 Å². The normalized spacial score (nSPS) is 19.2. The zero-order valence-corrected chi connectivity index (χ0v) is 6.70. The van der Waals surface area contributed by atoms with Gasteiger partial charge in [-0.25, -0.2) is 0 Å². The first kappa shape index (κ1) is 7.28. The van der Waals surface area contributed by atoms with Crippen LogP contribution in [0.2, 0.25) is 0 Å². The maximum absolute atomic E-state index is 8.71. The van der Waals surface area contributed by atoms with E-state index in [-0.39, 0.29) is 0 Å². The Bertz CT molecular complexity index is 320. The Kier molecular flexibility index (Phi) is 1.78.